The van der Waals surface area contributed by atoms with Gasteiger partial charge in [-0.05, 0) is 54.8 Å². The van der Waals surface area contributed by atoms with Crippen LogP contribution in [0.15, 0.2) is 53.7 Å². The predicted octanol–water partition coefficient (Wildman–Crippen LogP) is 2.24. The number of benzene rings is 1. The van der Waals surface area contributed by atoms with Crippen molar-refractivity contribution in [2.45, 2.75) is 18.7 Å². The summed E-state index contributed by atoms with van der Waals surface area (Å²) in [5.74, 6) is -0.123. The minimum absolute atomic E-state index is 0.123. The molecular weight excluding hydrogens is 362 g/mol. The molecule has 27 heavy (non-hydrogen) atoms. The van der Waals surface area contributed by atoms with Gasteiger partial charge in [0, 0.05) is 44.6 Å². The summed E-state index contributed by atoms with van der Waals surface area (Å²) in [6.07, 6.45) is 6.57. The molecule has 7 heteroatoms. The quantitative estimate of drug-likeness (QED) is 0.757. The Balaban J connectivity index is 1.63. The molecule has 0 atom stereocenters. The van der Waals surface area contributed by atoms with Crippen molar-refractivity contribution in [1.29, 1.82) is 0 Å². The molecule has 2 heterocycles. The number of piperazine rings is 1. The van der Waals surface area contributed by atoms with E-state index in [1.165, 1.54) is 10.4 Å². The maximum absolute atomic E-state index is 12.8. The van der Waals surface area contributed by atoms with Crippen LogP contribution in [0.5, 0.6) is 0 Å². The molecule has 0 spiro atoms. The third-order valence-electron chi connectivity index (χ3n) is 4.77. The number of rotatable bonds is 4. The van der Waals surface area contributed by atoms with E-state index in [0.29, 0.717) is 31.1 Å². The van der Waals surface area contributed by atoms with Gasteiger partial charge in [-0.2, -0.15) is 4.31 Å². The fourth-order valence-corrected chi connectivity index (χ4v) is 4.43. The number of hydrogen-bond acceptors (Lipinski definition) is 4. The van der Waals surface area contributed by atoms with E-state index in [1.54, 1.807) is 41.6 Å². The molecule has 0 saturated carbocycles. The second kappa shape index (κ2) is 8.02. The van der Waals surface area contributed by atoms with Crippen LogP contribution in [0, 0.1) is 13.8 Å². The van der Waals surface area contributed by atoms with Crippen LogP contribution >= 0.6 is 0 Å². The first-order valence-corrected chi connectivity index (χ1v) is 10.3. The first-order valence-electron chi connectivity index (χ1n) is 8.82. The first-order chi connectivity index (χ1) is 12.9. The monoisotopic (exact) mass is 385 g/mol. The van der Waals surface area contributed by atoms with Gasteiger partial charge < -0.3 is 4.90 Å². The van der Waals surface area contributed by atoms with E-state index in [-0.39, 0.29) is 5.91 Å². The lowest BCUT2D eigenvalue weighted by molar-refractivity contribution is -0.127. The lowest BCUT2D eigenvalue weighted by atomic mass is 10.1. The largest absolute Gasteiger partial charge is 0.337 e. The van der Waals surface area contributed by atoms with E-state index in [9.17, 15) is 13.2 Å². The number of hydrogen-bond donors (Lipinski definition) is 0. The molecule has 3 rings (SSSR count). The molecule has 6 nitrogen and oxygen atoms in total. The third-order valence-corrected chi connectivity index (χ3v) is 6.66. The zero-order valence-corrected chi connectivity index (χ0v) is 16.3. The summed E-state index contributed by atoms with van der Waals surface area (Å²) in [4.78, 5) is 18.3. The van der Waals surface area contributed by atoms with Gasteiger partial charge in [-0.3, -0.25) is 9.78 Å². The SMILES string of the molecule is Cc1ccc(S(=O)(=O)N2CCN(C(=O)C=Cc3cccnc3)CC2)cc1C. The highest BCUT2D eigenvalue weighted by atomic mass is 32.2. The Bertz CT molecular complexity index is 948. The van der Waals surface area contributed by atoms with Crippen molar-refractivity contribution in [2.24, 2.45) is 0 Å². The summed E-state index contributed by atoms with van der Waals surface area (Å²) in [6.45, 7) is 5.19. The number of carbonyl (C=O) groups excluding carboxylic acids is 1. The van der Waals surface area contributed by atoms with Crippen molar-refractivity contribution in [3.05, 3.63) is 65.5 Å². The van der Waals surface area contributed by atoms with Crippen molar-refractivity contribution in [2.75, 3.05) is 26.2 Å². The molecule has 1 aromatic heterocycles. The smallest absolute Gasteiger partial charge is 0.246 e. The molecule has 0 bridgehead atoms. The minimum Gasteiger partial charge on any atom is -0.337 e. The lowest BCUT2D eigenvalue weighted by Gasteiger charge is -2.33. The minimum atomic E-state index is -3.54. The number of amides is 1. The van der Waals surface area contributed by atoms with Gasteiger partial charge in [0.2, 0.25) is 15.9 Å². The van der Waals surface area contributed by atoms with Gasteiger partial charge in [-0.15, -0.1) is 0 Å². The van der Waals surface area contributed by atoms with E-state index in [1.807, 2.05) is 26.0 Å². The Labute approximate surface area is 160 Å². The van der Waals surface area contributed by atoms with Crippen molar-refractivity contribution < 1.29 is 13.2 Å². The van der Waals surface area contributed by atoms with Crippen LogP contribution in [0.25, 0.3) is 6.08 Å². The van der Waals surface area contributed by atoms with Crippen LogP contribution in [0.3, 0.4) is 0 Å². The normalized spacial score (nSPS) is 16.0. The zero-order valence-electron chi connectivity index (χ0n) is 15.5. The van der Waals surface area contributed by atoms with Crippen LogP contribution in [0.2, 0.25) is 0 Å². The Hall–Kier alpha value is -2.51. The molecule has 1 aliphatic rings. The van der Waals surface area contributed by atoms with Crippen LogP contribution in [0.1, 0.15) is 16.7 Å². The van der Waals surface area contributed by atoms with Gasteiger partial charge in [0.15, 0.2) is 0 Å². The first kappa shape index (κ1) is 19.3. The molecule has 1 fully saturated rings. The summed E-state index contributed by atoms with van der Waals surface area (Å²) >= 11 is 0. The Morgan fingerprint density at radius 2 is 1.81 bits per heavy atom. The number of aromatic nitrogens is 1. The molecule has 1 aromatic carbocycles. The average Bonchev–Trinajstić information content (AvgIpc) is 2.69. The number of nitrogens with zero attached hydrogens (tertiary/aromatic N) is 3. The molecule has 1 amide bonds. The highest BCUT2D eigenvalue weighted by molar-refractivity contribution is 7.89. The van der Waals surface area contributed by atoms with Crippen LogP contribution in [-0.2, 0) is 14.8 Å². The van der Waals surface area contributed by atoms with E-state index in [0.717, 1.165) is 16.7 Å². The van der Waals surface area contributed by atoms with E-state index < -0.39 is 10.0 Å². The van der Waals surface area contributed by atoms with Crippen molar-refractivity contribution in [3.8, 4) is 0 Å². The van der Waals surface area contributed by atoms with E-state index in [4.69, 9.17) is 0 Å². The van der Waals surface area contributed by atoms with Gasteiger partial charge in [-0.1, -0.05) is 12.1 Å². The van der Waals surface area contributed by atoms with Gasteiger partial charge in [0.05, 0.1) is 4.90 Å². The number of pyridine rings is 1. The lowest BCUT2D eigenvalue weighted by Crippen LogP contribution is -2.50. The summed E-state index contributed by atoms with van der Waals surface area (Å²) in [7, 11) is -3.54. The van der Waals surface area contributed by atoms with Crippen molar-refractivity contribution >= 4 is 22.0 Å². The highest BCUT2D eigenvalue weighted by Crippen LogP contribution is 2.20. The molecule has 0 N–H and O–H groups in total. The topological polar surface area (TPSA) is 70.6 Å². The van der Waals surface area contributed by atoms with Crippen LogP contribution in [0.4, 0.5) is 0 Å². The number of aryl methyl sites for hydroxylation is 2. The summed E-state index contributed by atoms with van der Waals surface area (Å²) in [6, 6.07) is 8.85. The van der Waals surface area contributed by atoms with Crippen LogP contribution < -0.4 is 0 Å². The molecule has 0 aliphatic carbocycles. The summed E-state index contributed by atoms with van der Waals surface area (Å²) < 4.78 is 27.1. The standard InChI is InChI=1S/C20H23N3O3S/c1-16-5-7-19(14-17(16)2)27(25,26)23-12-10-22(11-13-23)20(24)8-6-18-4-3-9-21-15-18/h3-9,14-15H,10-13H2,1-2H3. The Morgan fingerprint density at radius 1 is 1.07 bits per heavy atom. The predicted molar refractivity (Wildman–Crippen MR) is 105 cm³/mol. The number of sulfonamides is 1. The maximum Gasteiger partial charge on any atom is 0.246 e. The summed E-state index contributed by atoms with van der Waals surface area (Å²) in [5.41, 5.74) is 2.86. The molecule has 142 valence electrons. The van der Waals surface area contributed by atoms with Gasteiger partial charge in [-0.25, -0.2) is 8.42 Å². The molecule has 2 aromatic rings. The van der Waals surface area contributed by atoms with Gasteiger partial charge in [0.1, 0.15) is 0 Å². The van der Waals surface area contributed by atoms with Crippen molar-refractivity contribution in [3.63, 3.8) is 0 Å². The molecule has 0 radical (unpaired) electrons. The Kier molecular flexibility index (Phi) is 5.72. The third kappa shape index (κ3) is 4.43. The fraction of sp³-hybridized carbons (Fsp3) is 0.300. The fourth-order valence-electron chi connectivity index (χ4n) is 2.92. The molecular formula is C20H23N3O3S. The summed E-state index contributed by atoms with van der Waals surface area (Å²) in [5, 5.41) is 0. The second-order valence-corrected chi connectivity index (χ2v) is 8.53. The Morgan fingerprint density at radius 3 is 2.44 bits per heavy atom. The van der Waals surface area contributed by atoms with Gasteiger partial charge >= 0.3 is 0 Å². The highest BCUT2D eigenvalue weighted by Gasteiger charge is 2.29. The van der Waals surface area contributed by atoms with Gasteiger partial charge in [0.25, 0.3) is 0 Å². The number of carbonyl (C=O) groups is 1. The molecule has 1 aliphatic heterocycles. The maximum atomic E-state index is 12.8. The molecule has 0 unspecified atom stereocenters. The average molecular weight is 385 g/mol. The second-order valence-electron chi connectivity index (χ2n) is 6.60. The molecule has 1 saturated heterocycles. The van der Waals surface area contributed by atoms with Crippen molar-refractivity contribution in [1.82, 2.24) is 14.2 Å². The van der Waals surface area contributed by atoms with E-state index in [2.05, 4.69) is 4.98 Å². The van der Waals surface area contributed by atoms with Crippen LogP contribution in [-0.4, -0.2) is 54.7 Å². The zero-order chi connectivity index (χ0) is 19.4. The van der Waals surface area contributed by atoms with E-state index >= 15 is 0 Å².